The fourth-order valence-corrected chi connectivity index (χ4v) is 4.33. The minimum absolute atomic E-state index is 1.43. The van der Waals surface area contributed by atoms with Crippen LogP contribution in [0, 0.1) is 0 Å². The Labute approximate surface area is 68.8 Å². The van der Waals surface area contributed by atoms with E-state index >= 15 is 0 Å². The molecule has 70 valence electrons. The summed E-state index contributed by atoms with van der Waals surface area (Å²) in [6.45, 7) is 0. The van der Waals surface area contributed by atoms with E-state index in [1.165, 1.54) is 35.5 Å². The van der Waals surface area contributed by atoms with E-state index in [2.05, 4.69) is 0 Å². The van der Waals surface area contributed by atoms with Gasteiger partial charge in [-0.25, -0.2) is 0 Å². The Hall–Kier alpha value is 0.343. The Morgan fingerprint density at radius 1 is 0.545 bits per heavy atom. The zero-order chi connectivity index (χ0) is 8.98. The van der Waals surface area contributed by atoms with Gasteiger partial charge in [0.05, 0.1) is 0 Å². The molecule has 0 N–H and O–H groups in total. The zero-order valence-electron chi connectivity index (χ0n) is 7.54. The van der Waals surface area contributed by atoms with Gasteiger partial charge in [0.2, 0.25) is 0 Å². The van der Waals surface area contributed by atoms with Gasteiger partial charge >= 0.3 is 68.2 Å². The van der Waals surface area contributed by atoms with E-state index in [9.17, 15) is 0 Å². The molecule has 0 aliphatic carbocycles. The van der Waals surface area contributed by atoms with Gasteiger partial charge in [-0.2, -0.15) is 0 Å². The second kappa shape index (κ2) is 3.84. The van der Waals surface area contributed by atoms with Gasteiger partial charge in [0.15, 0.2) is 0 Å². The molecule has 0 aromatic carbocycles. The molecule has 0 saturated heterocycles. The fourth-order valence-electron chi connectivity index (χ4n) is 0.833. The van der Waals surface area contributed by atoms with Crippen LogP contribution >= 0.6 is 0 Å². The SMILES string of the molecule is C[O][Ge-]([O]C)([O]C)([O]C)[O]C. The average Bonchev–Trinajstić information content (AvgIpc) is 2.12. The van der Waals surface area contributed by atoms with Gasteiger partial charge in [0, 0.05) is 0 Å². The second-order valence-electron chi connectivity index (χ2n) is 1.85. The Morgan fingerprint density at radius 2 is 0.727 bits per heavy atom. The molecule has 0 atom stereocenters. The van der Waals surface area contributed by atoms with E-state index < -0.39 is 13.9 Å². The Morgan fingerprint density at radius 3 is 0.727 bits per heavy atom. The summed E-state index contributed by atoms with van der Waals surface area (Å²) in [5.74, 6) is 0. The van der Waals surface area contributed by atoms with E-state index in [0.29, 0.717) is 0 Å². The molecule has 0 aromatic rings. The molecule has 0 heterocycles. The molecule has 0 fully saturated rings. The van der Waals surface area contributed by atoms with Crippen molar-refractivity contribution in [2.75, 3.05) is 35.5 Å². The summed E-state index contributed by atoms with van der Waals surface area (Å²) in [4.78, 5) is 0. The predicted molar refractivity (Wildman–Crippen MR) is 40.8 cm³/mol. The Bertz CT molecular complexity index is 87.2. The van der Waals surface area contributed by atoms with Crippen LogP contribution in [0.15, 0.2) is 0 Å². The van der Waals surface area contributed by atoms with Crippen LogP contribution in [-0.4, -0.2) is 49.4 Å². The Balaban J connectivity index is 4.67. The molecule has 0 bridgehead atoms. The molecule has 11 heavy (non-hydrogen) atoms. The molecule has 0 unspecified atom stereocenters. The standard InChI is InChI=1S/C5H15GeO5/c1-7-6(8-2,9-3,10-4)11-5/h1-5H3/q-1. The third kappa shape index (κ3) is 1.74. The van der Waals surface area contributed by atoms with Crippen LogP contribution in [0.25, 0.3) is 0 Å². The van der Waals surface area contributed by atoms with Crippen molar-refractivity contribution in [3.05, 3.63) is 0 Å². The van der Waals surface area contributed by atoms with Gasteiger partial charge in [0.1, 0.15) is 0 Å². The van der Waals surface area contributed by atoms with Crippen molar-refractivity contribution in [1.82, 2.24) is 0 Å². The fraction of sp³-hybridized carbons (Fsp3) is 1.00. The molecule has 0 amide bonds. The minimum atomic E-state index is -4.36. The molecule has 6 heteroatoms. The first-order valence-corrected chi connectivity index (χ1v) is 7.34. The number of hydrogen-bond acceptors (Lipinski definition) is 5. The molecule has 0 radical (unpaired) electrons. The first-order valence-electron chi connectivity index (χ1n) is 3.06. The molecule has 0 aromatic heterocycles. The monoisotopic (exact) mass is 229 g/mol. The van der Waals surface area contributed by atoms with Crippen molar-refractivity contribution >= 4 is 13.9 Å². The average molecular weight is 228 g/mol. The van der Waals surface area contributed by atoms with Crippen molar-refractivity contribution < 1.29 is 18.8 Å². The van der Waals surface area contributed by atoms with Crippen molar-refractivity contribution in [2.24, 2.45) is 0 Å². The summed E-state index contributed by atoms with van der Waals surface area (Å²) in [5, 5.41) is 0. The van der Waals surface area contributed by atoms with Gasteiger partial charge in [-0.1, -0.05) is 0 Å². The number of rotatable bonds is 5. The summed E-state index contributed by atoms with van der Waals surface area (Å²) in [5.41, 5.74) is 0. The molecule has 0 spiro atoms. The van der Waals surface area contributed by atoms with Gasteiger partial charge in [-0.05, 0) is 0 Å². The quantitative estimate of drug-likeness (QED) is 0.624. The van der Waals surface area contributed by atoms with Crippen LogP contribution in [0.3, 0.4) is 0 Å². The van der Waals surface area contributed by atoms with Gasteiger partial charge < -0.3 is 0 Å². The molecular formula is C5H15GeO5-. The summed E-state index contributed by atoms with van der Waals surface area (Å²) in [6.07, 6.45) is 0. The molecular weight excluding hydrogens is 213 g/mol. The molecule has 0 aliphatic rings. The van der Waals surface area contributed by atoms with E-state index in [-0.39, 0.29) is 0 Å². The molecule has 0 rings (SSSR count). The summed E-state index contributed by atoms with van der Waals surface area (Å²) in [7, 11) is 7.14. The first-order chi connectivity index (χ1) is 5.12. The van der Waals surface area contributed by atoms with Gasteiger partial charge in [-0.15, -0.1) is 0 Å². The third-order valence-corrected chi connectivity index (χ3v) is 8.66. The first kappa shape index (κ1) is 11.3. The van der Waals surface area contributed by atoms with Crippen LogP contribution in [0.5, 0.6) is 0 Å². The summed E-state index contributed by atoms with van der Waals surface area (Å²) >= 11 is -4.36. The maximum absolute atomic E-state index is 5.03. The van der Waals surface area contributed by atoms with Crippen LogP contribution < -0.4 is 0 Å². The molecule has 5 nitrogen and oxygen atoms in total. The van der Waals surface area contributed by atoms with Crippen LogP contribution in [0.1, 0.15) is 0 Å². The third-order valence-electron chi connectivity index (χ3n) is 1.67. The predicted octanol–water partition coefficient (Wildman–Crippen LogP) is 0.105. The van der Waals surface area contributed by atoms with Crippen LogP contribution in [0.4, 0.5) is 0 Å². The van der Waals surface area contributed by atoms with E-state index in [4.69, 9.17) is 18.8 Å². The van der Waals surface area contributed by atoms with Crippen molar-refractivity contribution in [2.45, 2.75) is 0 Å². The van der Waals surface area contributed by atoms with Gasteiger partial charge in [0.25, 0.3) is 0 Å². The normalized spacial score (nSPS) is 15.9. The van der Waals surface area contributed by atoms with Crippen molar-refractivity contribution in [1.29, 1.82) is 0 Å². The second-order valence-corrected chi connectivity index (χ2v) is 9.63. The van der Waals surface area contributed by atoms with E-state index in [1.54, 1.807) is 0 Å². The molecule has 0 saturated carbocycles. The van der Waals surface area contributed by atoms with Crippen molar-refractivity contribution in [3.8, 4) is 0 Å². The van der Waals surface area contributed by atoms with Crippen LogP contribution in [-0.2, 0) is 18.8 Å². The van der Waals surface area contributed by atoms with Gasteiger partial charge in [-0.3, -0.25) is 0 Å². The number of hydrogen-bond donors (Lipinski definition) is 0. The summed E-state index contributed by atoms with van der Waals surface area (Å²) < 4.78 is 25.1. The maximum atomic E-state index is 5.03. The Kier molecular flexibility index (Phi) is 3.95. The topological polar surface area (TPSA) is 46.2 Å². The van der Waals surface area contributed by atoms with Crippen LogP contribution in [0.2, 0.25) is 0 Å². The van der Waals surface area contributed by atoms with Crippen molar-refractivity contribution in [3.63, 3.8) is 0 Å². The van der Waals surface area contributed by atoms with E-state index in [1.807, 2.05) is 0 Å². The zero-order valence-corrected chi connectivity index (χ0v) is 9.64. The summed E-state index contributed by atoms with van der Waals surface area (Å²) in [6, 6.07) is 0. The molecule has 0 aliphatic heterocycles. The van der Waals surface area contributed by atoms with E-state index in [0.717, 1.165) is 0 Å².